The molecule has 0 aliphatic carbocycles. The lowest BCUT2D eigenvalue weighted by atomic mass is 10.1. The smallest absolute Gasteiger partial charge is 0.249 e. The van der Waals surface area contributed by atoms with E-state index in [0.717, 1.165) is 6.26 Å². The molecule has 0 heterocycles. The van der Waals surface area contributed by atoms with Crippen LogP contribution in [0.2, 0.25) is 0 Å². The minimum absolute atomic E-state index is 0.0704. The first-order valence-electron chi connectivity index (χ1n) is 6.06. The number of hydrogen-bond acceptors (Lipinski definition) is 3. The minimum atomic E-state index is -3.10. The Bertz CT molecular complexity index is 606. The first kappa shape index (κ1) is 16.4. The van der Waals surface area contributed by atoms with Crippen molar-refractivity contribution in [2.45, 2.75) is 6.92 Å². The number of halogens is 1. The molecule has 4 nitrogen and oxygen atoms in total. The summed E-state index contributed by atoms with van der Waals surface area (Å²) in [5.41, 5.74) is 1.18. The SMILES string of the molecule is CC(=Cc1ccc(F)cc1)C(=O)N(C)CCS(C)(=O)=O. The topological polar surface area (TPSA) is 54.5 Å². The van der Waals surface area contributed by atoms with E-state index in [1.165, 1.54) is 17.0 Å². The van der Waals surface area contributed by atoms with Crippen LogP contribution in [0.15, 0.2) is 29.8 Å². The highest BCUT2D eigenvalue weighted by molar-refractivity contribution is 7.90. The molecule has 1 rings (SSSR count). The predicted molar refractivity (Wildman–Crippen MR) is 77.4 cm³/mol. The molecule has 1 aromatic carbocycles. The van der Waals surface area contributed by atoms with Gasteiger partial charge in [-0.05, 0) is 30.7 Å². The standard InChI is InChI=1S/C14H18FNO3S/c1-11(10-12-4-6-13(15)7-5-12)14(17)16(2)8-9-20(3,18)19/h4-7,10H,8-9H2,1-3H3. The highest BCUT2D eigenvalue weighted by atomic mass is 32.2. The van der Waals surface area contributed by atoms with Crippen LogP contribution in [0.4, 0.5) is 4.39 Å². The molecule has 0 unspecified atom stereocenters. The van der Waals surface area contributed by atoms with Gasteiger partial charge < -0.3 is 4.90 Å². The molecule has 1 aromatic rings. The molecule has 0 aromatic heterocycles. The largest absolute Gasteiger partial charge is 0.341 e. The Morgan fingerprint density at radius 2 is 1.85 bits per heavy atom. The van der Waals surface area contributed by atoms with E-state index in [1.807, 2.05) is 0 Å². The zero-order valence-electron chi connectivity index (χ0n) is 11.8. The van der Waals surface area contributed by atoms with E-state index in [4.69, 9.17) is 0 Å². The summed E-state index contributed by atoms with van der Waals surface area (Å²) < 4.78 is 34.9. The number of nitrogens with zero attached hydrogens (tertiary/aromatic N) is 1. The Morgan fingerprint density at radius 3 is 2.35 bits per heavy atom. The zero-order valence-corrected chi connectivity index (χ0v) is 12.6. The minimum Gasteiger partial charge on any atom is -0.341 e. The van der Waals surface area contributed by atoms with Crippen molar-refractivity contribution >= 4 is 21.8 Å². The van der Waals surface area contributed by atoms with Gasteiger partial charge >= 0.3 is 0 Å². The summed E-state index contributed by atoms with van der Waals surface area (Å²) in [5.74, 6) is -0.659. The molecule has 0 saturated carbocycles. The Kier molecular flexibility index (Phi) is 5.44. The fourth-order valence-corrected chi connectivity index (χ4v) is 2.18. The number of hydrogen-bond donors (Lipinski definition) is 0. The Hall–Kier alpha value is -1.69. The van der Waals surface area contributed by atoms with Gasteiger partial charge in [0.25, 0.3) is 0 Å². The van der Waals surface area contributed by atoms with Crippen LogP contribution in [0.1, 0.15) is 12.5 Å². The lowest BCUT2D eigenvalue weighted by Crippen LogP contribution is -2.31. The summed E-state index contributed by atoms with van der Waals surface area (Å²) in [5, 5.41) is 0. The fourth-order valence-electron chi connectivity index (χ4n) is 1.58. The van der Waals surface area contributed by atoms with Crippen LogP contribution >= 0.6 is 0 Å². The summed E-state index contributed by atoms with van der Waals surface area (Å²) in [4.78, 5) is 13.4. The van der Waals surface area contributed by atoms with E-state index >= 15 is 0 Å². The third-order valence-corrected chi connectivity index (χ3v) is 3.66. The summed E-state index contributed by atoms with van der Waals surface area (Å²) >= 11 is 0. The van der Waals surface area contributed by atoms with Crippen molar-refractivity contribution in [1.82, 2.24) is 4.90 Å². The summed E-state index contributed by atoms with van der Waals surface area (Å²) in [6.45, 7) is 1.79. The van der Waals surface area contributed by atoms with Gasteiger partial charge in [-0.3, -0.25) is 4.79 Å². The van der Waals surface area contributed by atoms with Crippen molar-refractivity contribution in [1.29, 1.82) is 0 Å². The second kappa shape index (κ2) is 6.65. The van der Waals surface area contributed by atoms with Gasteiger partial charge in [-0.2, -0.15) is 0 Å². The molecule has 0 atom stereocenters. The van der Waals surface area contributed by atoms with Crippen molar-refractivity contribution in [3.63, 3.8) is 0 Å². The third-order valence-electron chi connectivity index (χ3n) is 2.73. The number of sulfone groups is 1. The van der Waals surface area contributed by atoms with E-state index in [1.54, 1.807) is 32.2 Å². The predicted octanol–water partition coefficient (Wildman–Crippen LogP) is 1.73. The number of likely N-dealkylation sites (N-methyl/N-ethyl adjacent to an activating group) is 1. The average Bonchev–Trinajstić information content (AvgIpc) is 2.36. The summed E-state index contributed by atoms with van der Waals surface area (Å²) in [6.07, 6.45) is 2.77. The van der Waals surface area contributed by atoms with Crippen LogP contribution < -0.4 is 0 Å². The van der Waals surface area contributed by atoms with Crippen LogP contribution in [-0.2, 0) is 14.6 Å². The van der Waals surface area contributed by atoms with Crippen LogP contribution in [0.25, 0.3) is 6.08 Å². The van der Waals surface area contributed by atoms with Crippen molar-refractivity contribution in [3.8, 4) is 0 Å². The van der Waals surface area contributed by atoms with E-state index < -0.39 is 9.84 Å². The molecule has 0 bridgehead atoms. The first-order chi connectivity index (χ1) is 9.19. The van der Waals surface area contributed by atoms with E-state index in [2.05, 4.69) is 0 Å². The lowest BCUT2D eigenvalue weighted by Gasteiger charge is -2.16. The van der Waals surface area contributed by atoms with Crippen LogP contribution in [-0.4, -0.2) is 44.8 Å². The van der Waals surface area contributed by atoms with Gasteiger partial charge in [-0.1, -0.05) is 12.1 Å². The molecule has 0 spiro atoms. The molecule has 0 radical (unpaired) electrons. The molecule has 0 aliphatic heterocycles. The zero-order chi connectivity index (χ0) is 15.3. The molecule has 0 N–H and O–H groups in total. The van der Waals surface area contributed by atoms with Gasteiger partial charge in [0.1, 0.15) is 15.7 Å². The average molecular weight is 299 g/mol. The van der Waals surface area contributed by atoms with Crippen LogP contribution in [0, 0.1) is 5.82 Å². The van der Waals surface area contributed by atoms with E-state index in [9.17, 15) is 17.6 Å². The molecule has 0 saturated heterocycles. The van der Waals surface area contributed by atoms with Gasteiger partial charge in [-0.25, -0.2) is 12.8 Å². The highest BCUT2D eigenvalue weighted by Crippen LogP contribution is 2.10. The van der Waals surface area contributed by atoms with Gasteiger partial charge in [0.05, 0.1) is 5.75 Å². The monoisotopic (exact) mass is 299 g/mol. The van der Waals surface area contributed by atoms with Crippen molar-refractivity contribution in [2.75, 3.05) is 25.6 Å². The maximum atomic E-state index is 12.8. The molecular formula is C14H18FNO3S. The van der Waals surface area contributed by atoms with Gasteiger partial charge in [-0.15, -0.1) is 0 Å². The number of benzene rings is 1. The van der Waals surface area contributed by atoms with E-state index in [0.29, 0.717) is 11.1 Å². The Balaban J connectivity index is 2.73. The highest BCUT2D eigenvalue weighted by Gasteiger charge is 2.13. The summed E-state index contributed by atoms with van der Waals surface area (Å²) in [7, 11) is -1.55. The Morgan fingerprint density at radius 1 is 1.30 bits per heavy atom. The van der Waals surface area contributed by atoms with Crippen molar-refractivity contribution < 1.29 is 17.6 Å². The number of amides is 1. The number of rotatable bonds is 5. The second-order valence-electron chi connectivity index (χ2n) is 4.74. The normalized spacial score (nSPS) is 12.3. The van der Waals surface area contributed by atoms with Gasteiger partial charge in [0, 0.05) is 25.4 Å². The van der Waals surface area contributed by atoms with E-state index in [-0.39, 0.29) is 24.0 Å². The number of carbonyl (C=O) groups excluding carboxylic acids is 1. The molecule has 0 fully saturated rings. The third kappa shape index (κ3) is 5.52. The molecular weight excluding hydrogens is 281 g/mol. The second-order valence-corrected chi connectivity index (χ2v) is 7.00. The molecule has 20 heavy (non-hydrogen) atoms. The fraction of sp³-hybridized carbons (Fsp3) is 0.357. The quantitative estimate of drug-likeness (QED) is 0.778. The molecule has 110 valence electrons. The van der Waals surface area contributed by atoms with Gasteiger partial charge in [0.2, 0.25) is 5.91 Å². The Labute approximate surface area is 118 Å². The van der Waals surface area contributed by atoms with Crippen molar-refractivity contribution in [2.24, 2.45) is 0 Å². The van der Waals surface area contributed by atoms with Crippen LogP contribution in [0.5, 0.6) is 0 Å². The molecule has 6 heteroatoms. The lowest BCUT2D eigenvalue weighted by molar-refractivity contribution is -0.125. The molecule has 0 aliphatic rings. The maximum Gasteiger partial charge on any atom is 0.249 e. The number of carbonyl (C=O) groups is 1. The first-order valence-corrected chi connectivity index (χ1v) is 8.12. The summed E-state index contributed by atoms with van der Waals surface area (Å²) in [6, 6.07) is 5.78. The molecule has 1 amide bonds. The van der Waals surface area contributed by atoms with Gasteiger partial charge in [0.15, 0.2) is 0 Å². The maximum absolute atomic E-state index is 12.8. The van der Waals surface area contributed by atoms with Crippen LogP contribution in [0.3, 0.4) is 0 Å². The van der Waals surface area contributed by atoms with Crippen molar-refractivity contribution in [3.05, 3.63) is 41.2 Å².